The van der Waals surface area contributed by atoms with Crippen LogP contribution in [0.4, 0.5) is 0 Å². The zero-order valence-corrected chi connectivity index (χ0v) is 15.3. The van der Waals surface area contributed by atoms with E-state index in [1.54, 1.807) is 18.2 Å². The second-order valence-electron chi connectivity index (χ2n) is 6.03. The van der Waals surface area contributed by atoms with E-state index in [9.17, 15) is 14.4 Å². The van der Waals surface area contributed by atoms with Crippen molar-refractivity contribution in [2.75, 3.05) is 20.8 Å². The molecule has 1 unspecified atom stereocenters. The summed E-state index contributed by atoms with van der Waals surface area (Å²) in [4.78, 5) is 35.7. The first kappa shape index (κ1) is 20.5. The minimum Gasteiger partial charge on any atom is -0.496 e. The van der Waals surface area contributed by atoms with Crippen LogP contribution in [0.3, 0.4) is 0 Å². The van der Waals surface area contributed by atoms with E-state index in [-0.39, 0.29) is 11.5 Å². The van der Waals surface area contributed by atoms with Gasteiger partial charge in [-0.1, -0.05) is 19.9 Å². The Balaban J connectivity index is 2.62. The first-order valence-electron chi connectivity index (χ1n) is 7.97. The maximum atomic E-state index is 12.0. The zero-order chi connectivity index (χ0) is 19.0. The largest absolute Gasteiger partial charge is 0.496 e. The van der Waals surface area contributed by atoms with Crippen LogP contribution >= 0.6 is 0 Å². The molecule has 1 N–H and O–H groups in total. The second-order valence-corrected chi connectivity index (χ2v) is 6.03. The maximum Gasteiger partial charge on any atom is 0.338 e. The highest BCUT2D eigenvalue weighted by atomic mass is 16.5. The van der Waals surface area contributed by atoms with Crippen LogP contribution in [0.2, 0.25) is 0 Å². The van der Waals surface area contributed by atoms with Gasteiger partial charge in [-0.15, -0.1) is 0 Å². The molecule has 0 bridgehead atoms. The molecule has 0 radical (unpaired) electrons. The van der Waals surface area contributed by atoms with Gasteiger partial charge in [0.05, 0.1) is 19.8 Å². The highest BCUT2D eigenvalue weighted by molar-refractivity contribution is 5.92. The molecule has 1 rings (SSSR count). The highest BCUT2D eigenvalue weighted by Crippen LogP contribution is 2.19. The fraction of sp³-hybridized carbons (Fsp3) is 0.500. The van der Waals surface area contributed by atoms with Crippen LogP contribution in [0.25, 0.3) is 0 Å². The SMILES string of the molecule is COC(=O)C(CC(C)C)NC(=O)COC(=O)c1ccc(C)c(OC)c1. The summed E-state index contributed by atoms with van der Waals surface area (Å²) < 4.78 is 14.8. The molecule has 1 amide bonds. The molecule has 0 aromatic heterocycles. The molecular formula is C18H25NO6. The summed E-state index contributed by atoms with van der Waals surface area (Å²) in [7, 11) is 2.76. The number of nitrogens with one attached hydrogen (secondary N) is 1. The molecule has 25 heavy (non-hydrogen) atoms. The van der Waals surface area contributed by atoms with Crippen LogP contribution in [-0.2, 0) is 19.1 Å². The van der Waals surface area contributed by atoms with Gasteiger partial charge >= 0.3 is 11.9 Å². The van der Waals surface area contributed by atoms with Gasteiger partial charge in [-0.3, -0.25) is 4.79 Å². The maximum absolute atomic E-state index is 12.0. The third-order valence-electron chi connectivity index (χ3n) is 3.51. The molecule has 1 atom stereocenters. The van der Waals surface area contributed by atoms with E-state index >= 15 is 0 Å². The summed E-state index contributed by atoms with van der Waals surface area (Å²) in [6, 6.07) is 4.10. The lowest BCUT2D eigenvalue weighted by atomic mass is 10.0. The summed E-state index contributed by atoms with van der Waals surface area (Å²) in [5, 5.41) is 2.52. The van der Waals surface area contributed by atoms with Crippen molar-refractivity contribution in [3.8, 4) is 5.75 Å². The van der Waals surface area contributed by atoms with Gasteiger partial charge in [0.15, 0.2) is 6.61 Å². The van der Waals surface area contributed by atoms with Gasteiger partial charge in [-0.05, 0) is 37.0 Å². The smallest absolute Gasteiger partial charge is 0.338 e. The van der Waals surface area contributed by atoms with Gasteiger partial charge in [0.25, 0.3) is 5.91 Å². The lowest BCUT2D eigenvalue weighted by molar-refractivity contribution is -0.145. The molecule has 7 heteroatoms. The number of esters is 2. The molecule has 0 fully saturated rings. The molecule has 0 heterocycles. The van der Waals surface area contributed by atoms with Gasteiger partial charge in [0, 0.05) is 0 Å². The molecule has 0 aliphatic rings. The molecule has 0 aliphatic carbocycles. The second kappa shape index (κ2) is 9.66. The number of aryl methyl sites for hydroxylation is 1. The van der Waals surface area contributed by atoms with Crippen molar-refractivity contribution in [3.05, 3.63) is 29.3 Å². The van der Waals surface area contributed by atoms with Crippen molar-refractivity contribution in [1.82, 2.24) is 5.32 Å². The fourth-order valence-corrected chi connectivity index (χ4v) is 2.23. The van der Waals surface area contributed by atoms with Crippen molar-refractivity contribution >= 4 is 17.8 Å². The Labute approximate surface area is 147 Å². The number of hydrogen-bond donors (Lipinski definition) is 1. The molecule has 0 aliphatic heterocycles. The van der Waals surface area contributed by atoms with E-state index in [1.165, 1.54) is 14.2 Å². The number of rotatable bonds is 8. The zero-order valence-electron chi connectivity index (χ0n) is 15.3. The van der Waals surface area contributed by atoms with Gasteiger partial charge in [0.1, 0.15) is 11.8 Å². The molecule has 1 aromatic carbocycles. The average Bonchev–Trinajstić information content (AvgIpc) is 2.58. The summed E-state index contributed by atoms with van der Waals surface area (Å²) in [5.74, 6) is -0.999. The Morgan fingerprint density at radius 2 is 1.84 bits per heavy atom. The van der Waals surface area contributed by atoms with Crippen molar-refractivity contribution in [3.63, 3.8) is 0 Å². The van der Waals surface area contributed by atoms with Crippen LogP contribution in [0, 0.1) is 12.8 Å². The summed E-state index contributed by atoms with van der Waals surface area (Å²) >= 11 is 0. The third kappa shape index (κ3) is 6.45. The van der Waals surface area contributed by atoms with E-state index in [0.29, 0.717) is 12.2 Å². The molecule has 0 spiro atoms. The Hall–Kier alpha value is -2.57. The van der Waals surface area contributed by atoms with Crippen molar-refractivity contribution in [1.29, 1.82) is 0 Å². The Bertz CT molecular complexity index is 626. The number of carbonyl (C=O) groups is 3. The minimum atomic E-state index is -0.768. The highest BCUT2D eigenvalue weighted by Gasteiger charge is 2.23. The first-order valence-corrected chi connectivity index (χ1v) is 7.97. The molecule has 138 valence electrons. The molecule has 0 saturated carbocycles. The van der Waals surface area contributed by atoms with Crippen LogP contribution in [0.1, 0.15) is 36.2 Å². The van der Waals surface area contributed by atoms with E-state index in [2.05, 4.69) is 10.1 Å². The third-order valence-corrected chi connectivity index (χ3v) is 3.51. The summed E-state index contributed by atoms with van der Waals surface area (Å²) in [5.41, 5.74) is 1.16. The van der Waals surface area contributed by atoms with Crippen LogP contribution in [0.5, 0.6) is 5.75 Å². The quantitative estimate of drug-likeness (QED) is 0.719. The molecule has 1 aromatic rings. The number of methoxy groups -OCH3 is 2. The molecule has 0 saturated heterocycles. The predicted octanol–water partition coefficient (Wildman–Crippen LogP) is 1.86. The van der Waals surface area contributed by atoms with Crippen molar-refractivity contribution < 1.29 is 28.6 Å². The van der Waals surface area contributed by atoms with Gasteiger partial charge in [0.2, 0.25) is 0 Å². The predicted molar refractivity (Wildman–Crippen MR) is 91.4 cm³/mol. The number of hydrogen-bond acceptors (Lipinski definition) is 6. The standard InChI is InChI=1S/C18H25NO6/c1-11(2)8-14(18(22)24-5)19-16(20)10-25-17(21)13-7-6-12(3)15(9-13)23-4/h6-7,9,11,14H,8,10H2,1-5H3,(H,19,20). The topological polar surface area (TPSA) is 90.9 Å². The number of amides is 1. The van der Waals surface area contributed by atoms with Crippen LogP contribution < -0.4 is 10.1 Å². The first-order chi connectivity index (χ1) is 11.8. The fourth-order valence-electron chi connectivity index (χ4n) is 2.23. The van der Waals surface area contributed by atoms with Gasteiger partial charge in [-0.25, -0.2) is 9.59 Å². The summed E-state index contributed by atoms with van der Waals surface area (Å²) in [6.07, 6.45) is 0.432. The minimum absolute atomic E-state index is 0.187. The van der Waals surface area contributed by atoms with Crippen molar-refractivity contribution in [2.45, 2.75) is 33.2 Å². The Kier molecular flexibility index (Phi) is 7.91. The van der Waals surface area contributed by atoms with Crippen molar-refractivity contribution in [2.24, 2.45) is 5.92 Å². The average molecular weight is 351 g/mol. The van der Waals surface area contributed by atoms with Gasteiger partial charge in [-0.2, -0.15) is 0 Å². The lowest BCUT2D eigenvalue weighted by Crippen LogP contribution is -2.44. The molecule has 7 nitrogen and oxygen atoms in total. The Morgan fingerprint density at radius 3 is 2.40 bits per heavy atom. The van der Waals surface area contributed by atoms with E-state index in [4.69, 9.17) is 9.47 Å². The number of carbonyl (C=O) groups excluding carboxylic acids is 3. The van der Waals surface area contributed by atoms with Gasteiger partial charge < -0.3 is 19.5 Å². The van der Waals surface area contributed by atoms with E-state index in [0.717, 1.165) is 5.56 Å². The van der Waals surface area contributed by atoms with E-state index < -0.39 is 30.5 Å². The van der Waals surface area contributed by atoms with E-state index in [1.807, 2.05) is 20.8 Å². The molecular weight excluding hydrogens is 326 g/mol. The van der Waals surface area contributed by atoms with Crippen LogP contribution in [-0.4, -0.2) is 44.7 Å². The monoisotopic (exact) mass is 351 g/mol. The number of benzene rings is 1. The lowest BCUT2D eigenvalue weighted by Gasteiger charge is -2.18. The van der Waals surface area contributed by atoms with Crippen LogP contribution in [0.15, 0.2) is 18.2 Å². The number of ether oxygens (including phenoxy) is 3. The Morgan fingerprint density at radius 1 is 1.16 bits per heavy atom. The summed E-state index contributed by atoms with van der Waals surface area (Å²) in [6.45, 7) is 5.21. The normalized spacial score (nSPS) is 11.6.